The van der Waals surface area contributed by atoms with Gasteiger partial charge < -0.3 is 16.9 Å². The molecule has 5 fully saturated rings. The van der Waals surface area contributed by atoms with Crippen molar-refractivity contribution < 1.29 is 42.1 Å². The van der Waals surface area contributed by atoms with E-state index in [1.54, 1.807) is 0 Å². The van der Waals surface area contributed by atoms with E-state index < -0.39 is 0 Å². The van der Waals surface area contributed by atoms with Gasteiger partial charge in [-0.2, -0.15) is 12.8 Å². The maximum absolute atomic E-state index is 4.61. The predicted molar refractivity (Wildman–Crippen MR) is 193 cm³/mol. The summed E-state index contributed by atoms with van der Waals surface area (Å²) in [4.78, 5) is 0. The van der Waals surface area contributed by atoms with E-state index in [-0.39, 0.29) is 42.1 Å². The maximum Gasteiger partial charge on any atom is 0 e. The summed E-state index contributed by atoms with van der Waals surface area (Å²) in [6.07, 6.45) is 20.0. The molecule has 0 bridgehead atoms. The van der Waals surface area contributed by atoms with Gasteiger partial charge in [-0.3, -0.25) is 0 Å². The molecule has 0 aromatic carbocycles. The number of hydrogen-bond acceptors (Lipinski definition) is 0. The van der Waals surface area contributed by atoms with Gasteiger partial charge in [0.2, 0.25) is 0 Å². The number of hydrogen-bond donors (Lipinski definition) is 0. The van der Waals surface area contributed by atoms with Gasteiger partial charge in [0, 0.05) is 31.1 Å². The van der Waals surface area contributed by atoms with Gasteiger partial charge in [-0.25, -0.2) is 0 Å². The van der Waals surface area contributed by atoms with E-state index in [4.69, 9.17) is 0 Å². The monoisotopic (exact) mass is 844 g/mol. The Bertz CT molecular complexity index is 884. The molecule has 44 heavy (non-hydrogen) atoms. The molecule has 5 aliphatic carbocycles. The van der Waals surface area contributed by atoms with Crippen LogP contribution in [0.1, 0.15) is 194 Å². The zero-order valence-corrected chi connectivity index (χ0v) is 36.9. The van der Waals surface area contributed by atoms with Crippen LogP contribution in [0.4, 0.5) is 0 Å². The fourth-order valence-electron chi connectivity index (χ4n) is 14.4. The first-order valence-corrected chi connectivity index (χ1v) is 18.8. The molecule has 5 saturated carbocycles. The van der Waals surface area contributed by atoms with E-state index in [0.717, 1.165) is 11.8 Å². The van der Waals surface area contributed by atoms with Crippen molar-refractivity contribution in [2.24, 2.45) is 49.7 Å². The molecule has 2 nitrogen and oxygen atoms in total. The standard InChI is InChI=1S/C35H59.3C2H6.2H2O.U/c1-11-33-23-21-30(8)28-18-16-26-15-17-27(25(4)5)35(26,13-3)31(28,9)22-24-34(30,12-2)32(33,10)20-14-19-29(33,6)7;3*1-2;;;/h27-28H,4,11-24H2,1-3,5-10H3;3*1-2H3;2*1H2;/q-1;;;;;;/t27?,28?,30-,31-,32-,33-,34-,35+;;;;;;/m0....../s1. The molecule has 8 atom stereocenters. The fraction of sp³-hybridized carbons (Fsp3) is 0.927. The molecule has 4 N–H and O–H groups in total. The van der Waals surface area contributed by atoms with E-state index in [0.29, 0.717) is 37.9 Å². The Morgan fingerprint density at radius 3 is 1.61 bits per heavy atom. The molecule has 0 aromatic rings. The summed E-state index contributed by atoms with van der Waals surface area (Å²) in [7, 11) is 0. The molecule has 0 heterocycles. The second-order valence-electron chi connectivity index (χ2n) is 15.7. The van der Waals surface area contributed by atoms with Crippen LogP contribution in [0.15, 0.2) is 12.2 Å². The Balaban J connectivity index is 0. The van der Waals surface area contributed by atoms with Crippen LogP contribution in [0.25, 0.3) is 0 Å². The van der Waals surface area contributed by atoms with Gasteiger partial charge in [0.25, 0.3) is 0 Å². The van der Waals surface area contributed by atoms with Gasteiger partial charge in [-0.05, 0) is 97.2 Å². The molecule has 5 rings (SSSR count). The summed E-state index contributed by atoms with van der Waals surface area (Å²) in [5.74, 6) is 3.54. The summed E-state index contributed by atoms with van der Waals surface area (Å²) in [5, 5.41) is 0. The first-order chi connectivity index (χ1) is 19.3. The van der Waals surface area contributed by atoms with Crippen molar-refractivity contribution in [3.05, 3.63) is 18.1 Å². The molecule has 5 aliphatic rings. The van der Waals surface area contributed by atoms with E-state index in [2.05, 4.69) is 68.9 Å². The summed E-state index contributed by atoms with van der Waals surface area (Å²) in [6, 6.07) is 0. The molecule has 0 saturated heterocycles. The second kappa shape index (κ2) is 16.9. The SMILES string of the molecule is C=C(C)C1CC[C-]2CCC3[C@]4(C)CC[C@@]5(CC)C(C)(C)CCC[C@]5(C)[C@@]4(CC)CC[C@]3(C)[C@]21CC.CC.CC.CC.O.O.[U]. The molecule has 0 spiro atoms. The molecule has 0 aromatic heterocycles. The van der Waals surface area contributed by atoms with E-state index in [1.807, 2.05) is 47.5 Å². The smallest absolute Gasteiger partial charge is 0 e. The largest absolute Gasteiger partial charge is 0.412 e. The van der Waals surface area contributed by atoms with E-state index >= 15 is 0 Å². The van der Waals surface area contributed by atoms with Gasteiger partial charge in [0.05, 0.1) is 0 Å². The minimum atomic E-state index is 0. The summed E-state index contributed by atoms with van der Waals surface area (Å²) in [5.41, 5.74) is 4.72. The molecular formula is C41H81O2U-. The third-order valence-corrected chi connectivity index (χ3v) is 15.7. The van der Waals surface area contributed by atoms with Gasteiger partial charge in [-0.1, -0.05) is 140 Å². The van der Waals surface area contributed by atoms with Crippen LogP contribution < -0.4 is 0 Å². The molecule has 0 radical (unpaired) electrons. The third-order valence-electron chi connectivity index (χ3n) is 15.7. The van der Waals surface area contributed by atoms with Crippen LogP contribution in [0, 0.1) is 86.8 Å². The third kappa shape index (κ3) is 5.65. The van der Waals surface area contributed by atoms with Gasteiger partial charge in [0.1, 0.15) is 0 Å². The predicted octanol–water partition coefficient (Wildman–Crippen LogP) is 12.4. The van der Waals surface area contributed by atoms with Crippen LogP contribution >= 0.6 is 0 Å². The molecule has 0 amide bonds. The first kappa shape index (κ1) is 46.8. The number of rotatable bonds is 4. The number of fused-ring (bicyclic) bond motifs is 7. The minimum absolute atomic E-state index is 0. The molecular weight excluding hydrogens is 762 g/mol. The van der Waals surface area contributed by atoms with Gasteiger partial charge >= 0.3 is 0 Å². The van der Waals surface area contributed by atoms with Crippen LogP contribution in [0.3, 0.4) is 0 Å². The van der Waals surface area contributed by atoms with Gasteiger partial charge in [-0.15, -0.1) is 5.41 Å². The topological polar surface area (TPSA) is 63.0 Å². The van der Waals surface area contributed by atoms with Crippen LogP contribution in [0.2, 0.25) is 0 Å². The fourth-order valence-corrected chi connectivity index (χ4v) is 14.4. The second-order valence-corrected chi connectivity index (χ2v) is 15.7. The Kier molecular flexibility index (Phi) is 18.0. The summed E-state index contributed by atoms with van der Waals surface area (Å²) < 4.78 is 0. The Morgan fingerprint density at radius 1 is 0.659 bits per heavy atom. The van der Waals surface area contributed by atoms with Crippen molar-refractivity contribution in [2.75, 3.05) is 0 Å². The normalized spacial score (nSPS) is 42.8. The van der Waals surface area contributed by atoms with E-state index in [9.17, 15) is 0 Å². The first-order valence-electron chi connectivity index (χ1n) is 18.8. The van der Waals surface area contributed by atoms with E-state index in [1.165, 1.54) is 95.5 Å². The molecule has 262 valence electrons. The Labute approximate surface area is 301 Å². The average molecular weight is 844 g/mol. The number of allylic oxidation sites excluding steroid dienone is 1. The van der Waals surface area contributed by atoms with Crippen molar-refractivity contribution in [2.45, 2.75) is 194 Å². The summed E-state index contributed by atoms with van der Waals surface area (Å²) >= 11 is 0. The van der Waals surface area contributed by atoms with Crippen LogP contribution in [0.5, 0.6) is 0 Å². The average Bonchev–Trinajstić information content (AvgIpc) is 3.37. The zero-order chi connectivity index (χ0) is 31.7. The van der Waals surface area contributed by atoms with Crippen molar-refractivity contribution in [1.82, 2.24) is 0 Å². The van der Waals surface area contributed by atoms with Crippen LogP contribution in [-0.4, -0.2) is 11.0 Å². The van der Waals surface area contributed by atoms with Crippen molar-refractivity contribution in [1.29, 1.82) is 0 Å². The van der Waals surface area contributed by atoms with Crippen molar-refractivity contribution >= 4 is 0 Å². The van der Waals surface area contributed by atoms with Crippen molar-refractivity contribution in [3.63, 3.8) is 0 Å². The maximum atomic E-state index is 4.61. The molecule has 2 unspecified atom stereocenters. The Morgan fingerprint density at radius 2 is 1.14 bits per heavy atom. The quantitative estimate of drug-likeness (QED) is 0.200. The van der Waals surface area contributed by atoms with Gasteiger partial charge in [0.15, 0.2) is 0 Å². The minimum Gasteiger partial charge on any atom is -0.412 e. The van der Waals surface area contributed by atoms with Crippen molar-refractivity contribution in [3.8, 4) is 0 Å². The molecule has 0 aliphatic heterocycles. The zero-order valence-electron chi connectivity index (χ0n) is 32.8. The summed E-state index contributed by atoms with van der Waals surface area (Å²) in [6.45, 7) is 40.5. The molecule has 3 heteroatoms. The van der Waals surface area contributed by atoms with Crippen LogP contribution in [-0.2, 0) is 0 Å². The Hall–Kier alpha value is 0.712.